The number of carbonyl (C=O) groups is 1. The van der Waals surface area contributed by atoms with E-state index in [0.29, 0.717) is 17.4 Å². The van der Waals surface area contributed by atoms with Crippen molar-refractivity contribution in [2.75, 3.05) is 27.2 Å². The Morgan fingerprint density at radius 2 is 2.11 bits per heavy atom. The quantitative estimate of drug-likeness (QED) is 0.926. The molecule has 1 aliphatic rings. The molecule has 2 rings (SSSR count). The van der Waals surface area contributed by atoms with Crippen LogP contribution in [0, 0.1) is 0 Å². The molecule has 1 heterocycles. The summed E-state index contributed by atoms with van der Waals surface area (Å²) < 4.78 is 5.99. The van der Waals surface area contributed by atoms with Crippen molar-refractivity contribution in [3.05, 3.63) is 28.2 Å². The molecule has 1 N–H and O–H groups in total. The molecule has 1 aromatic rings. The van der Waals surface area contributed by atoms with Gasteiger partial charge in [-0.15, -0.1) is 0 Å². The third-order valence-electron chi connectivity index (χ3n) is 3.59. The molecule has 0 atom stereocenters. The topological polar surface area (TPSA) is 41.6 Å². The minimum Gasteiger partial charge on any atom is -0.497 e. The smallest absolute Gasteiger partial charge is 0.255 e. The zero-order chi connectivity index (χ0) is 13.8. The van der Waals surface area contributed by atoms with Crippen LogP contribution in [0.5, 0.6) is 5.75 Å². The number of nitrogens with one attached hydrogen (secondary N) is 1. The van der Waals surface area contributed by atoms with Crippen LogP contribution in [0.25, 0.3) is 0 Å². The van der Waals surface area contributed by atoms with E-state index in [0.717, 1.165) is 30.4 Å². The second-order valence-corrected chi connectivity index (χ2v) is 5.56. The van der Waals surface area contributed by atoms with Crippen molar-refractivity contribution in [2.45, 2.75) is 18.9 Å². The molecule has 5 heteroatoms. The summed E-state index contributed by atoms with van der Waals surface area (Å²) in [6.45, 7) is 1.60. The summed E-state index contributed by atoms with van der Waals surface area (Å²) >= 11 is 3.44. The third-order valence-corrected chi connectivity index (χ3v) is 4.29. The van der Waals surface area contributed by atoms with Crippen LogP contribution in [-0.4, -0.2) is 44.1 Å². The summed E-state index contributed by atoms with van der Waals surface area (Å²) in [6.07, 6.45) is 2.01. The Labute approximate surface area is 122 Å². The molecule has 1 aliphatic heterocycles. The number of rotatable bonds is 3. The third kappa shape index (κ3) is 3.28. The van der Waals surface area contributed by atoms with E-state index in [1.807, 2.05) is 24.1 Å². The largest absolute Gasteiger partial charge is 0.497 e. The van der Waals surface area contributed by atoms with E-state index in [4.69, 9.17) is 4.74 Å². The van der Waals surface area contributed by atoms with E-state index in [9.17, 15) is 4.79 Å². The SMILES string of the molecule is CNC1CCN(C(=O)c2cc(OC)ccc2Br)CC1. The van der Waals surface area contributed by atoms with Gasteiger partial charge in [-0.25, -0.2) is 0 Å². The summed E-state index contributed by atoms with van der Waals surface area (Å²) in [6, 6.07) is 6.01. The summed E-state index contributed by atoms with van der Waals surface area (Å²) in [7, 11) is 3.58. The van der Waals surface area contributed by atoms with Crippen molar-refractivity contribution < 1.29 is 9.53 Å². The van der Waals surface area contributed by atoms with Gasteiger partial charge < -0.3 is 15.0 Å². The van der Waals surface area contributed by atoms with Crippen LogP contribution >= 0.6 is 15.9 Å². The Bertz CT molecular complexity index is 457. The van der Waals surface area contributed by atoms with Gasteiger partial charge in [0.05, 0.1) is 12.7 Å². The summed E-state index contributed by atoms with van der Waals surface area (Å²) in [4.78, 5) is 14.4. The van der Waals surface area contributed by atoms with Crippen LogP contribution in [0.3, 0.4) is 0 Å². The Hall–Kier alpha value is -1.07. The molecule has 1 aromatic carbocycles. The summed E-state index contributed by atoms with van der Waals surface area (Å²) in [5, 5.41) is 3.27. The fourth-order valence-corrected chi connectivity index (χ4v) is 2.75. The van der Waals surface area contributed by atoms with Gasteiger partial charge in [0.25, 0.3) is 5.91 Å². The first kappa shape index (κ1) is 14.3. The number of benzene rings is 1. The highest BCUT2D eigenvalue weighted by molar-refractivity contribution is 9.10. The number of amides is 1. The highest BCUT2D eigenvalue weighted by Crippen LogP contribution is 2.25. The molecule has 0 bridgehead atoms. The first-order valence-corrected chi connectivity index (χ1v) is 7.25. The molecule has 19 heavy (non-hydrogen) atoms. The molecule has 0 saturated carbocycles. The van der Waals surface area contributed by atoms with Crippen molar-refractivity contribution in [1.82, 2.24) is 10.2 Å². The molecule has 1 amide bonds. The monoisotopic (exact) mass is 326 g/mol. The molecule has 1 fully saturated rings. The normalized spacial score (nSPS) is 16.5. The number of hydrogen-bond donors (Lipinski definition) is 1. The lowest BCUT2D eigenvalue weighted by Gasteiger charge is -2.32. The molecule has 0 spiro atoms. The van der Waals surface area contributed by atoms with Gasteiger partial charge >= 0.3 is 0 Å². The van der Waals surface area contributed by atoms with E-state index in [2.05, 4.69) is 21.2 Å². The number of ether oxygens (including phenoxy) is 1. The Kier molecular flexibility index (Phi) is 4.82. The maximum atomic E-state index is 12.5. The standard InChI is InChI=1S/C14H19BrN2O2/c1-16-10-5-7-17(8-6-10)14(18)12-9-11(19-2)3-4-13(12)15/h3-4,9-10,16H,5-8H2,1-2H3. The van der Waals surface area contributed by atoms with Crippen LogP contribution in [0.15, 0.2) is 22.7 Å². The molecule has 0 aliphatic carbocycles. The number of piperidine rings is 1. The van der Waals surface area contributed by atoms with Gasteiger partial charge in [-0.3, -0.25) is 4.79 Å². The molecular weight excluding hydrogens is 308 g/mol. The van der Waals surface area contributed by atoms with Crippen molar-refractivity contribution in [3.8, 4) is 5.75 Å². The zero-order valence-corrected chi connectivity index (χ0v) is 12.9. The van der Waals surface area contributed by atoms with Crippen LogP contribution in [0.2, 0.25) is 0 Å². The van der Waals surface area contributed by atoms with Gasteiger partial charge in [0, 0.05) is 23.6 Å². The Balaban J connectivity index is 2.11. The predicted octanol–water partition coefficient (Wildman–Crippen LogP) is 2.28. The number of nitrogens with zero attached hydrogens (tertiary/aromatic N) is 1. The number of halogens is 1. The van der Waals surface area contributed by atoms with E-state index in [-0.39, 0.29) is 5.91 Å². The summed E-state index contributed by atoms with van der Waals surface area (Å²) in [5.74, 6) is 0.775. The molecule has 4 nitrogen and oxygen atoms in total. The predicted molar refractivity (Wildman–Crippen MR) is 78.7 cm³/mol. The van der Waals surface area contributed by atoms with E-state index < -0.39 is 0 Å². The van der Waals surface area contributed by atoms with E-state index in [1.165, 1.54) is 0 Å². The maximum Gasteiger partial charge on any atom is 0.255 e. The second kappa shape index (κ2) is 6.39. The minimum atomic E-state index is 0.0697. The van der Waals surface area contributed by atoms with Crippen LogP contribution < -0.4 is 10.1 Å². The zero-order valence-electron chi connectivity index (χ0n) is 11.3. The highest BCUT2D eigenvalue weighted by Gasteiger charge is 2.24. The number of methoxy groups -OCH3 is 1. The lowest BCUT2D eigenvalue weighted by molar-refractivity contribution is 0.0706. The van der Waals surface area contributed by atoms with Crippen molar-refractivity contribution >= 4 is 21.8 Å². The summed E-state index contributed by atoms with van der Waals surface area (Å²) in [5.41, 5.74) is 0.669. The van der Waals surface area contributed by atoms with Gasteiger partial charge in [-0.2, -0.15) is 0 Å². The van der Waals surface area contributed by atoms with Crippen LogP contribution in [0.1, 0.15) is 23.2 Å². The van der Waals surface area contributed by atoms with Crippen molar-refractivity contribution in [2.24, 2.45) is 0 Å². The second-order valence-electron chi connectivity index (χ2n) is 4.70. The molecule has 0 aromatic heterocycles. The van der Waals surface area contributed by atoms with E-state index >= 15 is 0 Å². The van der Waals surface area contributed by atoms with Gasteiger partial charge in [-0.1, -0.05) is 0 Å². The fraction of sp³-hybridized carbons (Fsp3) is 0.500. The lowest BCUT2D eigenvalue weighted by Crippen LogP contribution is -2.44. The molecule has 0 unspecified atom stereocenters. The molecule has 1 saturated heterocycles. The molecule has 104 valence electrons. The number of likely N-dealkylation sites (tertiary alicyclic amines) is 1. The average molecular weight is 327 g/mol. The first-order chi connectivity index (χ1) is 9.15. The molecule has 0 radical (unpaired) electrons. The lowest BCUT2D eigenvalue weighted by atomic mass is 10.0. The average Bonchev–Trinajstić information content (AvgIpc) is 2.47. The highest BCUT2D eigenvalue weighted by atomic mass is 79.9. The van der Waals surface area contributed by atoms with Gasteiger partial charge in [-0.05, 0) is 54.0 Å². The van der Waals surface area contributed by atoms with Gasteiger partial charge in [0.15, 0.2) is 0 Å². The van der Waals surface area contributed by atoms with Crippen LogP contribution in [0.4, 0.5) is 0 Å². The van der Waals surface area contributed by atoms with Gasteiger partial charge in [0.2, 0.25) is 0 Å². The van der Waals surface area contributed by atoms with Crippen LogP contribution in [-0.2, 0) is 0 Å². The number of carbonyl (C=O) groups excluding carboxylic acids is 1. The van der Waals surface area contributed by atoms with Crippen molar-refractivity contribution in [3.63, 3.8) is 0 Å². The fourth-order valence-electron chi connectivity index (χ4n) is 2.34. The van der Waals surface area contributed by atoms with Gasteiger partial charge in [0.1, 0.15) is 5.75 Å². The molecular formula is C14H19BrN2O2. The first-order valence-electron chi connectivity index (χ1n) is 6.45. The Morgan fingerprint density at radius 3 is 2.68 bits per heavy atom. The Morgan fingerprint density at radius 1 is 1.42 bits per heavy atom. The van der Waals surface area contributed by atoms with Crippen molar-refractivity contribution in [1.29, 1.82) is 0 Å². The van der Waals surface area contributed by atoms with E-state index in [1.54, 1.807) is 13.2 Å². The minimum absolute atomic E-state index is 0.0697. The number of hydrogen-bond acceptors (Lipinski definition) is 3. The maximum absolute atomic E-state index is 12.5.